The zero-order chi connectivity index (χ0) is 25.5. The van der Waals surface area contributed by atoms with E-state index in [9.17, 15) is 14.4 Å². The van der Waals surface area contributed by atoms with Gasteiger partial charge in [0.1, 0.15) is 11.4 Å². The van der Waals surface area contributed by atoms with E-state index in [0.717, 1.165) is 24.2 Å². The van der Waals surface area contributed by atoms with Crippen molar-refractivity contribution in [2.45, 2.75) is 54.0 Å². The van der Waals surface area contributed by atoms with E-state index in [-0.39, 0.29) is 30.3 Å². The lowest BCUT2D eigenvalue weighted by molar-refractivity contribution is -0.126. The average molecular weight is 484 g/mol. The molecular weight excluding hydrogens is 446 g/mol. The normalized spacial score (nSPS) is 14.9. The molecular formula is C27H37N3O5. The van der Waals surface area contributed by atoms with Crippen molar-refractivity contribution >= 4 is 17.8 Å². The highest BCUT2D eigenvalue weighted by molar-refractivity contribution is 6.00. The molecule has 2 N–H and O–H groups in total. The molecule has 35 heavy (non-hydrogen) atoms. The minimum absolute atomic E-state index is 0.0265. The fourth-order valence-corrected chi connectivity index (χ4v) is 4.67. The molecule has 8 nitrogen and oxygen atoms in total. The molecule has 3 rings (SSSR count). The van der Waals surface area contributed by atoms with Crippen molar-refractivity contribution < 1.29 is 23.9 Å². The molecule has 1 atom stereocenters. The molecule has 1 aromatic carbocycles. The summed E-state index contributed by atoms with van der Waals surface area (Å²) >= 11 is 0. The summed E-state index contributed by atoms with van der Waals surface area (Å²) in [6.45, 7) is 11.7. The highest BCUT2D eigenvalue weighted by Gasteiger charge is 2.32. The van der Waals surface area contributed by atoms with Crippen molar-refractivity contribution in [2.24, 2.45) is 11.8 Å². The molecule has 0 unspecified atom stereocenters. The van der Waals surface area contributed by atoms with E-state index in [1.807, 2.05) is 38.1 Å². The van der Waals surface area contributed by atoms with Gasteiger partial charge in [0.25, 0.3) is 5.91 Å². The highest BCUT2D eigenvalue weighted by Crippen LogP contribution is 2.27. The Hall–Kier alpha value is -3.29. The van der Waals surface area contributed by atoms with Crippen LogP contribution in [0.5, 0.6) is 5.75 Å². The van der Waals surface area contributed by atoms with Crippen LogP contribution in [-0.2, 0) is 16.1 Å². The van der Waals surface area contributed by atoms with Crippen LogP contribution in [0, 0.1) is 25.7 Å². The molecule has 1 saturated heterocycles. The van der Waals surface area contributed by atoms with Crippen molar-refractivity contribution in [3.63, 3.8) is 0 Å². The second-order valence-electron chi connectivity index (χ2n) is 9.06. The Morgan fingerprint density at radius 3 is 2.34 bits per heavy atom. The monoisotopic (exact) mass is 483 g/mol. The second kappa shape index (κ2) is 11.9. The molecule has 190 valence electrons. The van der Waals surface area contributed by atoms with Gasteiger partial charge in [0.15, 0.2) is 0 Å². The highest BCUT2D eigenvalue weighted by atomic mass is 16.5. The summed E-state index contributed by atoms with van der Waals surface area (Å²) in [5, 5.41) is 3.04. The summed E-state index contributed by atoms with van der Waals surface area (Å²) in [5.74, 6) is 0.382. The second-order valence-corrected chi connectivity index (χ2v) is 9.06. The van der Waals surface area contributed by atoms with Crippen LogP contribution in [0.25, 0.3) is 0 Å². The summed E-state index contributed by atoms with van der Waals surface area (Å²) in [6, 6.07) is 7.73. The molecule has 1 aliphatic heterocycles. The van der Waals surface area contributed by atoms with Crippen molar-refractivity contribution in [3.05, 3.63) is 52.3 Å². The first-order valence-corrected chi connectivity index (χ1v) is 12.4. The van der Waals surface area contributed by atoms with Crippen LogP contribution in [-0.4, -0.2) is 54.0 Å². The molecule has 0 bridgehead atoms. The summed E-state index contributed by atoms with van der Waals surface area (Å²) in [7, 11) is 0. The molecule has 0 saturated carbocycles. The third-order valence-corrected chi connectivity index (χ3v) is 6.78. The van der Waals surface area contributed by atoms with E-state index in [4.69, 9.17) is 9.47 Å². The van der Waals surface area contributed by atoms with E-state index >= 15 is 0 Å². The number of carbonyl (C=O) groups excluding carboxylic acids is 3. The number of ether oxygens (including phenoxy) is 2. The topological polar surface area (TPSA) is 101 Å². The number of esters is 1. The van der Waals surface area contributed by atoms with Gasteiger partial charge in [0.05, 0.1) is 18.8 Å². The van der Waals surface area contributed by atoms with Crippen LogP contribution in [0.1, 0.15) is 71.3 Å². The summed E-state index contributed by atoms with van der Waals surface area (Å²) in [5.41, 5.74) is 3.15. The molecule has 0 aliphatic carbocycles. The first-order chi connectivity index (χ1) is 16.8. The first kappa shape index (κ1) is 26.3. The zero-order valence-corrected chi connectivity index (χ0v) is 21.4. The summed E-state index contributed by atoms with van der Waals surface area (Å²) in [6.07, 6.45) is 1.51. The first-order valence-electron chi connectivity index (χ1n) is 12.4. The van der Waals surface area contributed by atoms with E-state index in [1.165, 1.54) is 0 Å². The fourth-order valence-electron chi connectivity index (χ4n) is 4.67. The number of aromatic amines is 1. The number of likely N-dealkylation sites (tertiary alicyclic amines) is 1. The van der Waals surface area contributed by atoms with Crippen LogP contribution in [0.4, 0.5) is 0 Å². The number of aryl methyl sites for hydroxylation is 1. The maximum atomic E-state index is 13.2. The Morgan fingerprint density at radius 2 is 1.74 bits per heavy atom. The minimum Gasteiger partial charge on any atom is -0.494 e. The van der Waals surface area contributed by atoms with E-state index in [2.05, 4.69) is 10.3 Å². The number of nitrogens with zero attached hydrogens (tertiary/aromatic N) is 1. The smallest absolute Gasteiger partial charge is 0.340 e. The Balaban J connectivity index is 1.52. The SMILES string of the molecule is CCOC(=O)c1c(C)[nH]c(C(=O)N2CCC([C@H](C)C(=O)NCc3ccc(OCC)cc3)CC2)c1C. The van der Waals surface area contributed by atoms with Crippen LogP contribution in [0.15, 0.2) is 24.3 Å². The molecule has 1 aromatic heterocycles. The van der Waals surface area contributed by atoms with Crippen LogP contribution < -0.4 is 10.1 Å². The molecule has 1 fully saturated rings. The molecule has 8 heteroatoms. The van der Waals surface area contributed by atoms with Crippen LogP contribution in [0.2, 0.25) is 0 Å². The van der Waals surface area contributed by atoms with Gasteiger partial charge < -0.3 is 24.7 Å². The zero-order valence-electron chi connectivity index (χ0n) is 21.4. The maximum Gasteiger partial charge on any atom is 0.340 e. The maximum absolute atomic E-state index is 13.2. The lowest BCUT2D eigenvalue weighted by atomic mass is 9.84. The van der Waals surface area contributed by atoms with Gasteiger partial charge in [0, 0.05) is 31.2 Å². The molecule has 2 amide bonds. The van der Waals surface area contributed by atoms with Gasteiger partial charge in [-0.25, -0.2) is 4.79 Å². The number of rotatable bonds is 9. The third-order valence-electron chi connectivity index (χ3n) is 6.78. The molecule has 2 heterocycles. The molecule has 0 radical (unpaired) electrons. The van der Waals surface area contributed by atoms with Gasteiger partial charge in [-0.3, -0.25) is 9.59 Å². The standard InChI is InChI=1S/C27H37N3O5/c1-6-34-22-10-8-20(9-11-22)16-28-25(31)17(3)21-12-14-30(15-13-21)26(32)24-18(4)23(19(5)29-24)27(33)35-7-2/h8-11,17,21,29H,6-7,12-16H2,1-5H3,(H,28,31)/t17-/m0/s1. The van der Waals surface area contributed by atoms with Gasteiger partial charge in [0.2, 0.25) is 5.91 Å². The predicted octanol–water partition coefficient (Wildman–Crippen LogP) is 4.01. The van der Waals surface area contributed by atoms with Gasteiger partial charge in [-0.2, -0.15) is 0 Å². The van der Waals surface area contributed by atoms with E-state index in [1.54, 1.807) is 25.7 Å². The van der Waals surface area contributed by atoms with Crippen LogP contribution >= 0.6 is 0 Å². The van der Waals surface area contributed by atoms with Crippen molar-refractivity contribution in [1.82, 2.24) is 15.2 Å². The number of nitrogens with one attached hydrogen (secondary N) is 2. The summed E-state index contributed by atoms with van der Waals surface area (Å²) in [4.78, 5) is 43.0. The third kappa shape index (κ3) is 6.24. The van der Waals surface area contributed by atoms with Crippen molar-refractivity contribution in [1.29, 1.82) is 0 Å². The number of piperidine rings is 1. The van der Waals surface area contributed by atoms with Crippen molar-refractivity contribution in [2.75, 3.05) is 26.3 Å². The Bertz CT molecular complexity index is 1040. The molecule has 0 spiro atoms. The molecule has 1 aliphatic rings. The predicted molar refractivity (Wildman–Crippen MR) is 133 cm³/mol. The number of amides is 2. The minimum atomic E-state index is -0.415. The fraction of sp³-hybridized carbons (Fsp3) is 0.519. The number of benzene rings is 1. The van der Waals surface area contributed by atoms with Gasteiger partial charge in [-0.15, -0.1) is 0 Å². The average Bonchev–Trinajstić information content (AvgIpc) is 3.16. The van der Waals surface area contributed by atoms with Gasteiger partial charge in [-0.05, 0) is 69.7 Å². The number of carbonyl (C=O) groups is 3. The lowest BCUT2D eigenvalue weighted by Gasteiger charge is -2.34. The Morgan fingerprint density at radius 1 is 1.09 bits per heavy atom. The number of hydrogen-bond donors (Lipinski definition) is 2. The lowest BCUT2D eigenvalue weighted by Crippen LogP contribution is -2.42. The van der Waals surface area contributed by atoms with Crippen LogP contribution in [0.3, 0.4) is 0 Å². The van der Waals surface area contributed by atoms with Crippen molar-refractivity contribution in [3.8, 4) is 5.75 Å². The molecule has 2 aromatic rings. The van der Waals surface area contributed by atoms with Gasteiger partial charge >= 0.3 is 5.97 Å². The summed E-state index contributed by atoms with van der Waals surface area (Å²) < 4.78 is 10.6. The van der Waals surface area contributed by atoms with E-state index < -0.39 is 5.97 Å². The van der Waals surface area contributed by atoms with Gasteiger partial charge in [-0.1, -0.05) is 19.1 Å². The largest absolute Gasteiger partial charge is 0.494 e. The Kier molecular flexibility index (Phi) is 8.95. The van der Waals surface area contributed by atoms with E-state index in [0.29, 0.717) is 48.8 Å². The number of H-pyrrole nitrogens is 1. The number of aromatic nitrogens is 1. The Labute approximate surface area is 207 Å². The number of hydrogen-bond acceptors (Lipinski definition) is 5. The quantitative estimate of drug-likeness (QED) is 0.525.